The van der Waals surface area contributed by atoms with Crippen molar-refractivity contribution in [2.75, 3.05) is 18.4 Å². The molecule has 4 rings (SSSR count). The van der Waals surface area contributed by atoms with E-state index in [9.17, 15) is 9.59 Å². The van der Waals surface area contributed by atoms with Crippen LogP contribution in [0, 0.1) is 0 Å². The Bertz CT molecular complexity index is 1020. The predicted octanol–water partition coefficient (Wildman–Crippen LogP) is 2.04. The zero-order valence-corrected chi connectivity index (χ0v) is 16.3. The Balaban J connectivity index is 1.49. The number of carbonyl (C=O) groups is 2. The summed E-state index contributed by atoms with van der Waals surface area (Å²) in [5.41, 5.74) is 1.85. The molecular formula is C20H23N7O2. The molecule has 29 heavy (non-hydrogen) atoms. The Hall–Kier alpha value is -3.49. The van der Waals surface area contributed by atoms with Gasteiger partial charge in [0.15, 0.2) is 0 Å². The van der Waals surface area contributed by atoms with Gasteiger partial charge in [-0.15, -0.1) is 0 Å². The first-order valence-electron chi connectivity index (χ1n) is 9.74. The predicted molar refractivity (Wildman–Crippen MR) is 107 cm³/mol. The van der Waals surface area contributed by atoms with Gasteiger partial charge in [-0.1, -0.05) is 0 Å². The minimum absolute atomic E-state index is 0.0103. The second-order valence-electron chi connectivity index (χ2n) is 6.91. The largest absolute Gasteiger partial charge is 0.339 e. The first-order valence-corrected chi connectivity index (χ1v) is 9.74. The number of amides is 2. The van der Waals surface area contributed by atoms with Crippen LogP contribution in [0.1, 0.15) is 30.1 Å². The molecule has 0 atom stereocenters. The molecule has 150 valence electrons. The molecule has 0 spiro atoms. The molecule has 2 amide bonds. The van der Waals surface area contributed by atoms with Crippen molar-refractivity contribution in [1.29, 1.82) is 0 Å². The van der Waals surface area contributed by atoms with Crippen LogP contribution in [-0.2, 0) is 17.9 Å². The number of hydrogen-bond acceptors (Lipinski definition) is 5. The summed E-state index contributed by atoms with van der Waals surface area (Å²) in [7, 11) is 0. The van der Waals surface area contributed by atoms with E-state index in [-0.39, 0.29) is 18.4 Å². The average molecular weight is 393 g/mol. The molecule has 0 aliphatic carbocycles. The maximum Gasteiger partial charge on any atom is 0.256 e. The van der Waals surface area contributed by atoms with E-state index in [4.69, 9.17) is 0 Å². The number of carbonyl (C=O) groups excluding carboxylic acids is 2. The molecule has 1 fully saturated rings. The number of aromatic nitrogens is 5. The number of nitrogens with zero attached hydrogens (tertiary/aromatic N) is 6. The fraction of sp³-hybridized carbons (Fsp3) is 0.350. The molecule has 9 heteroatoms. The molecule has 1 aliphatic heterocycles. The summed E-state index contributed by atoms with van der Waals surface area (Å²) in [5, 5.41) is 11.2. The number of rotatable bonds is 6. The first-order chi connectivity index (χ1) is 14.2. The molecule has 3 aromatic rings. The second-order valence-corrected chi connectivity index (χ2v) is 6.91. The van der Waals surface area contributed by atoms with Crippen molar-refractivity contribution < 1.29 is 9.59 Å². The van der Waals surface area contributed by atoms with Gasteiger partial charge < -0.3 is 10.2 Å². The van der Waals surface area contributed by atoms with E-state index in [0.29, 0.717) is 29.2 Å². The fourth-order valence-electron chi connectivity index (χ4n) is 3.49. The second kappa shape index (κ2) is 8.26. The fourth-order valence-corrected chi connectivity index (χ4v) is 3.49. The molecular weight excluding hydrogens is 370 g/mol. The lowest BCUT2D eigenvalue weighted by Gasteiger charge is -2.16. The number of pyridine rings is 1. The monoisotopic (exact) mass is 393 g/mol. The van der Waals surface area contributed by atoms with E-state index in [0.717, 1.165) is 25.9 Å². The van der Waals surface area contributed by atoms with Crippen LogP contribution in [-0.4, -0.2) is 54.3 Å². The third kappa shape index (κ3) is 4.03. The summed E-state index contributed by atoms with van der Waals surface area (Å²) < 4.78 is 3.24. The summed E-state index contributed by atoms with van der Waals surface area (Å²) in [5.74, 6) is 0.432. The number of nitrogens with one attached hydrogen (secondary N) is 1. The highest BCUT2D eigenvalue weighted by molar-refractivity contribution is 6.00. The summed E-state index contributed by atoms with van der Waals surface area (Å²) in [6, 6.07) is 5.31. The number of aryl methyl sites for hydroxylation is 1. The third-order valence-corrected chi connectivity index (χ3v) is 4.93. The molecule has 1 aliphatic rings. The normalized spacial score (nSPS) is 13.6. The van der Waals surface area contributed by atoms with Gasteiger partial charge in [0.1, 0.15) is 12.4 Å². The number of hydrogen-bond donors (Lipinski definition) is 1. The van der Waals surface area contributed by atoms with E-state index < -0.39 is 0 Å². The maximum atomic E-state index is 12.9. The highest BCUT2D eigenvalue weighted by Crippen LogP contribution is 2.23. The Morgan fingerprint density at radius 3 is 2.76 bits per heavy atom. The Kier molecular flexibility index (Phi) is 5.37. The van der Waals surface area contributed by atoms with Crippen LogP contribution < -0.4 is 5.32 Å². The minimum Gasteiger partial charge on any atom is -0.339 e. The van der Waals surface area contributed by atoms with Crippen molar-refractivity contribution >= 4 is 17.6 Å². The van der Waals surface area contributed by atoms with Crippen molar-refractivity contribution in [1.82, 2.24) is 29.4 Å². The van der Waals surface area contributed by atoms with Crippen molar-refractivity contribution in [3.05, 3.63) is 48.5 Å². The standard InChI is InChI=1S/C20H23N7O2/c1-2-27-17(7-9-22-27)24-18(28)14-26-13-15(12-23-26)19-16(6-5-8-21-19)20(29)25-10-3-4-11-25/h5-9,12-13H,2-4,10-11,14H2,1H3,(H,24,28). The molecule has 3 aromatic heterocycles. The quantitative estimate of drug-likeness (QED) is 0.691. The molecule has 0 unspecified atom stereocenters. The molecule has 0 saturated carbocycles. The molecule has 0 radical (unpaired) electrons. The topological polar surface area (TPSA) is 97.9 Å². The lowest BCUT2D eigenvalue weighted by atomic mass is 10.1. The summed E-state index contributed by atoms with van der Waals surface area (Å²) >= 11 is 0. The van der Waals surface area contributed by atoms with Gasteiger partial charge in [0, 0.05) is 43.7 Å². The minimum atomic E-state index is -0.204. The van der Waals surface area contributed by atoms with Crippen molar-refractivity contribution in [2.45, 2.75) is 32.9 Å². The van der Waals surface area contributed by atoms with Crippen LogP contribution in [0.5, 0.6) is 0 Å². The summed E-state index contributed by atoms with van der Waals surface area (Å²) in [6.07, 6.45) is 8.74. The molecule has 1 saturated heterocycles. The van der Waals surface area contributed by atoms with Crippen LogP contribution >= 0.6 is 0 Å². The average Bonchev–Trinajstić information content (AvgIpc) is 3.49. The highest BCUT2D eigenvalue weighted by Gasteiger charge is 2.23. The smallest absolute Gasteiger partial charge is 0.256 e. The SMILES string of the molecule is CCn1nccc1NC(=O)Cn1cc(-c2ncccc2C(=O)N2CCCC2)cn1. The third-order valence-electron chi connectivity index (χ3n) is 4.93. The summed E-state index contributed by atoms with van der Waals surface area (Å²) in [6.45, 7) is 4.23. The Labute approximate surface area is 168 Å². The molecule has 0 bridgehead atoms. The zero-order valence-electron chi connectivity index (χ0n) is 16.3. The first kappa shape index (κ1) is 18.9. The van der Waals surface area contributed by atoms with Gasteiger partial charge in [0.2, 0.25) is 5.91 Å². The lowest BCUT2D eigenvalue weighted by molar-refractivity contribution is -0.116. The van der Waals surface area contributed by atoms with E-state index in [2.05, 4.69) is 20.5 Å². The van der Waals surface area contributed by atoms with Crippen molar-refractivity contribution in [2.24, 2.45) is 0 Å². The van der Waals surface area contributed by atoms with Gasteiger partial charge in [0.25, 0.3) is 5.91 Å². The van der Waals surface area contributed by atoms with Gasteiger partial charge >= 0.3 is 0 Å². The van der Waals surface area contributed by atoms with Gasteiger partial charge in [-0.2, -0.15) is 10.2 Å². The van der Waals surface area contributed by atoms with Gasteiger partial charge in [-0.3, -0.25) is 19.3 Å². The molecule has 0 aromatic carbocycles. The highest BCUT2D eigenvalue weighted by atomic mass is 16.2. The summed E-state index contributed by atoms with van der Waals surface area (Å²) in [4.78, 5) is 31.5. The van der Waals surface area contributed by atoms with Crippen LogP contribution in [0.2, 0.25) is 0 Å². The van der Waals surface area contributed by atoms with E-state index in [1.165, 1.54) is 4.68 Å². The lowest BCUT2D eigenvalue weighted by Crippen LogP contribution is -2.28. The zero-order chi connectivity index (χ0) is 20.2. The maximum absolute atomic E-state index is 12.9. The van der Waals surface area contributed by atoms with E-state index in [1.54, 1.807) is 47.7 Å². The molecule has 4 heterocycles. The van der Waals surface area contributed by atoms with Gasteiger partial charge in [-0.05, 0) is 31.9 Å². The van der Waals surface area contributed by atoms with Crippen LogP contribution in [0.25, 0.3) is 11.3 Å². The van der Waals surface area contributed by atoms with Crippen molar-refractivity contribution in [3.63, 3.8) is 0 Å². The van der Waals surface area contributed by atoms with Crippen molar-refractivity contribution in [3.8, 4) is 11.3 Å². The van der Waals surface area contributed by atoms with Crippen LogP contribution in [0.3, 0.4) is 0 Å². The van der Waals surface area contributed by atoms with Gasteiger partial charge in [0.05, 0.1) is 23.7 Å². The Morgan fingerprint density at radius 1 is 1.14 bits per heavy atom. The molecule has 9 nitrogen and oxygen atoms in total. The molecule has 1 N–H and O–H groups in total. The van der Waals surface area contributed by atoms with Gasteiger partial charge in [-0.25, -0.2) is 4.68 Å². The van der Waals surface area contributed by atoms with Crippen LogP contribution in [0.15, 0.2) is 43.0 Å². The number of likely N-dealkylation sites (tertiary alicyclic amines) is 1. The van der Waals surface area contributed by atoms with E-state index in [1.807, 2.05) is 11.8 Å². The Morgan fingerprint density at radius 2 is 1.97 bits per heavy atom. The van der Waals surface area contributed by atoms with E-state index >= 15 is 0 Å². The van der Waals surface area contributed by atoms with Crippen LogP contribution in [0.4, 0.5) is 5.82 Å². The number of anilines is 1.